The smallest absolute Gasteiger partial charge is 0.251 e. The van der Waals surface area contributed by atoms with Gasteiger partial charge in [0, 0.05) is 48.2 Å². The van der Waals surface area contributed by atoms with Crippen LogP contribution in [0.25, 0.3) is 33.1 Å². The molecule has 5 rings (SSSR count). The lowest BCUT2D eigenvalue weighted by molar-refractivity contribution is 0.0858. The number of aromatic nitrogens is 3. The number of aromatic hydroxyl groups is 1. The molecule has 1 unspecified atom stereocenters. The number of carbonyl (C=O) groups excluding carboxylic acids is 1. The number of aromatic amines is 1. The number of rotatable bonds is 8. The number of nitrogens with zero attached hydrogens (tertiary/aromatic N) is 2. The van der Waals surface area contributed by atoms with Gasteiger partial charge in [-0.05, 0) is 43.2 Å². The predicted octanol–water partition coefficient (Wildman–Crippen LogP) is 3.42. The van der Waals surface area contributed by atoms with Crippen molar-refractivity contribution < 1.29 is 24.1 Å². The third-order valence-electron chi connectivity index (χ3n) is 5.96. The Bertz CT molecular complexity index is 1330. The second-order valence-electron chi connectivity index (χ2n) is 8.20. The molecule has 1 fully saturated rings. The van der Waals surface area contributed by atoms with Crippen LogP contribution in [0.2, 0.25) is 0 Å². The van der Waals surface area contributed by atoms with Gasteiger partial charge in [0.25, 0.3) is 5.91 Å². The SMILES string of the molecule is COCCOc1ccc2c(-c3c(O)[nH]c4ccc(C(=O)NCC5CCCO5)cc34)ncnc2c1. The first-order valence-corrected chi connectivity index (χ1v) is 11.3. The molecule has 2 aromatic carbocycles. The van der Waals surface area contributed by atoms with E-state index in [0.717, 1.165) is 24.8 Å². The topological polar surface area (TPSA) is 119 Å². The number of methoxy groups -OCH3 is 1. The van der Waals surface area contributed by atoms with Crippen molar-refractivity contribution in [2.75, 3.05) is 33.5 Å². The van der Waals surface area contributed by atoms with E-state index >= 15 is 0 Å². The molecule has 3 heterocycles. The Morgan fingerprint density at radius 1 is 1.21 bits per heavy atom. The first-order valence-electron chi connectivity index (χ1n) is 11.3. The molecule has 1 saturated heterocycles. The van der Waals surface area contributed by atoms with Crippen molar-refractivity contribution in [1.82, 2.24) is 20.3 Å². The monoisotopic (exact) mass is 462 g/mol. The maximum absolute atomic E-state index is 12.8. The summed E-state index contributed by atoms with van der Waals surface area (Å²) in [5.41, 5.74) is 2.96. The quantitative estimate of drug-likeness (QED) is 0.343. The molecular weight excluding hydrogens is 436 g/mol. The zero-order chi connectivity index (χ0) is 23.5. The van der Waals surface area contributed by atoms with Crippen LogP contribution in [0.5, 0.6) is 11.6 Å². The Hall–Kier alpha value is -3.69. The highest BCUT2D eigenvalue weighted by Crippen LogP contribution is 2.39. The molecule has 1 amide bonds. The average molecular weight is 463 g/mol. The van der Waals surface area contributed by atoms with Gasteiger partial charge in [0.1, 0.15) is 18.7 Å². The number of benzene rings is 2. The van der Waals surface area contributed by atoms with Gasteiger partial charge >= 0.3 is 0 Å². The molecule has 0 radical (unpaired) electrons. The summed E-state index contributed by atoms with van der Waals surface area (Å²) >= 11 is 0. The molecule has 0 saturated carbocycles. The van der Waals surface area contributed by atoms with Crippen molar-refractivity contribution in [3.05, 3.63) is 48.3 Å². The average Bonchev–Trinajstić information content (AvgIpc) is 3.48. The zero-order valence-corrected chi connectivity index (χ0v) is 18.8. The molecule has 176 valence electrons. The minimum Gasteiger partial charge on any atom is -0.494 e. The van der Waals surface area contributed by atoms with Crippen molar-refractivity contribution in [2.45, 2.75) is 18.9 Å². The molecule has 0 aliphatic carbocycles. The second-order valence-corrected chi connectivity index (χ2v) is 8.20. The minimum atomic E-state index is -0.186. The Labute approximate surface area is 196 Å². The first-order chi connectivity index (χ1) is 16.6. The van der Waals surface area contributed by atoms with E-state index in [1.807, 2.05) is 18.2 Å². The molecule has 1 aliphatic rings. The molecule has 1 atom stereocenters. The fourth-order valence-corrected chi connectivity index (χ4v) is 4.24. The molecule has 0 spiro atoms. The van der Waals surface area contributed by atoms with Crippen LogP contribution in [-0.2, 0) is 9.47 Å². The zero-order valence-electron chi connectivity index (χ0n) is 18.8. The third kappa shape index (κ3) is 4.40. The van der Waals surface area contributed by atoms with Gasteiger partial charge in [-0.1, -0.05) is 0 Å². The Kier molecular flexibility index (Phi) is 6.29. The number of hydrogen-bond acceptors (Lipinski definition) is 7. The maximum atomic E-state index is 12.8. The highest BCUT2D eigenvalue weighted by Gasteiger charge is 2.20. The first kappa shape index (κ1) is 22.1. The van der Waals surface area contributed by atoms with E-state index in [9.17, 15) is 9.90 Å². The lowest BCUT2D eigenvalue weighted by Crippen LogP contribution is -2.31. The van der Waals surface area contributed by atoms with Crippen LogP contribution in [0, 0.1) is 0 Å². The van der Waals surface area contributed by atoms with E-state index < -0.39 is 0 Å². The number of nitrogens with one attached hydrogen (secondary N) is 2. The maximum Gasteiger partial charge on any atom is 0.251 e. The Morgan fingerprint density at radius 2 is 2.12 bits per heavy atom. The Balaban J connectivity index is 1.48. The summed E-state index contributed by atoms with van der Waals surface area (Å²) in [4.78, 5) is 24.6. The van der Waals surface area contributed by atoms with E-state index in [1.165, 1.54) is 6.33 Å². The number of carbonyl (C=O) groups is 1. The highest BCUT2D eigenvalue weighted by atomic mass is 16.5. The lowest BCUT2D eigenvalue weighted by atomic mass is 10.0. The van der Waals surface area contributed by atoms with Gasteiger partial charge in [-0.3, -0.25) is 4.79 Å². The van der Waals surface area contributed by atoms with Crippen LogP contribution in [0.15, 0.2) is 42.7 Å². The summed E-state index contributed by atoms with van der Waals surface area (Å²) in [7, 11) is 1.62. The van der Waals surface area contributed by atoms with Crippen LogP contribution >= 0.6 is 0 Å². The van der Waals surface area contributed by atoms with Crippen LogP contribution in [-0.4, -0.2) is 65.5 Å². The van der Waals surface area contributed by atoms with Crippen molar-refractivity contribution in [2.24, 2.45) is 0 Å². The number of ether oxygens (including phenoxy) is 3. The second kappa shape index (κ2) is 9.66. The van der Waals surface area contributed by atoms with Gasteiger partial charge in [-0.15, -0.1) is 0 Å². The van der Waals surface area contributed by atoms with Crippen LogP contribution in [0.1, 0.15) is 23.2 Å². The predicted molar refractivity (Wildman–Crippen MR) is 127 cm³/mol. The largest absolute Gasteiger partial charge is 0.494 e. The number of hydrogen-bond donors (Lipinski definition) is 3. The van der Waals surface area contributed by atoms with E-state index in [1.54, 1.807) is 25.3 Å². The van der Waals surface area contributed by atoms with Crippen LogP contribution in [0.4, 0.5) is 0 Å². The number of H-pyrrole nitrogens is 1. The van der Waals surface area contributed by atoms with E-state index in [4.69, 9.17) is 14.2 Å². The third-order valence-corrected chi connectivity index (χ3v) is 5.96. The van der Waals surface area contributed by atoms with Gasteiger partial charge in [0.2, 0.25) is 0 Å². The van der Waals surface area contributed by atoms with E-state index in [0.29, 0.717) is 58.7 Å². The van der Waals surface area contributed by atoms with Gasteiger partial charge in [0.15, 0.2) is 5.88 Å². The fourth-order valence-electron chi connectivity index (χ4n) is 4.24. The summed E-state index contributed by atoms with van der Waals surface area (Å²) in [6.07, 6.45) is 3.49. The molecular formula is C25H26N4O5. The van der Waals surface area contributed by atoms with Crippen LogP contribution < -0.4 is 10.1 Å². The summed E-state index contributed by atoms with van der Waals surface area (Å²) in [5, 5.41) is 15.1. The summed E-state index contributed by atoms with van der Waals surface area (Å²) in [6, 6.07) is 10.8. The number of amides is 1. The van der Waals surface area contributed by atoms with Gasteiger partial charge in [0.05, 0.1) is 29.5 Å². The van der Waals surface area contributed by atoms with Gasteiger partial charge in [-0.2, -0.15) is 0 Å². The van der Waals surface area contributed by atoms with E-state index in [2.05, 4.69) is 20.3 Å². The van der Waals surface area contributed by atoms with E-state index in [-0.39, 0.29) is 17.9 Å². The van der Waals surface area contributed by atoms with Gasteiger partial charge < -0.3 is 29.6 Å². The van der Waals surface area contributed by atoms with Crippen molar-refractivity contribution in [1.29, 1.82) is 0 Å². The molecule has 0 bridgehead atoms. The number of fused-ring (bicyclic) bond motifs is 2. The molecule has 34 heavy (non-hydrogen) atoms. The standard InChI is InChI=1S/C25H26N4O5/c1-32-9-10-34-16-5-6-18-21(12-16)27-14-28-23(18)22-19-11-15(4-7-20(19)29-25(22)31)24(30)26-13-17-3-2-8-33-17/h4-7,11-12,14,17,29,31H,2-3,8-10,13H2,1H3,(H,26,30). The normalized spacial score (nSPS) is 15.7. The van der Waals surface area contributed by atoms with Crippen molar-refractivity contribution in [3.8, 4) is 22.9 Å². The molecule has 3 N–H and O–H groups in total. The lowest BCUT2D eigenvalue weighted by Gasteiger charge is -2.11. The van der Waals surface area contributed by atoms with Crippen molar-refractivity contribution >= 4 is 27.7 Å². The molecule has 2 aromatic heterocycles. The molecule has 9 heteroatoms. The minimum absolute atomic E-state index is 0.0210. The molecule has 1 aliphatic heterocycles. The van der Waals surface area contributed by atoms with Gasteiger partial charge in [-0.25, -0.2) is 9.97 Å². The molecule has 4 aromatic rings. The van der Waals surface area contributed by atoms with Crippen LogP contribution in [0.3, 0.4) is 0 Å². The fraction of sp³-hybridized carbons (Fsp3) is 0.320. The molecule has 9 nitrogen and oxygen atoms in total. The Morgan fingerprint density at radius 3 is 2.94 bits per heavy atom. The summed E-state index contributed by atoms with van der Waals surface area (Å²) in [5.74, 6) is 0.462. The summed E-state index contributed by atoms with van der Waals surface area (Å²) in [6.45, 7) is 2.14. The highest BCUT2D eigenvalue weighted by molar-refractivity contribution is 6.07. The summed E-state index contributed by atoms with van der Waals surface area (Å²) < 4.78 is 16.3. The van der Waals surface area contributed by atoms with Crippen molar-refractivity contribution in [3.63, 3.8) is 0 Å².